The monoisotopic (exact) mass is 424 g/mol. The number of anilines is 1. The van der Waals surface area contributed by atoms with Crippen LogP contribution in [-0.4, -0.2) is 42.9 Å². The third-order valence-corrected chi connectivity index (χ3v) is 6.76. The third-order valence-electron chi connectivity index (χ3n) is 6.51. The van der Waals surface area contributed by atoms with E-state index < -0.39 is 24.0 Å². The van der Waals surface area contributed by atoms with E-state index in [9.17, 15) is 9.59 Å². The van der Waals surface area contributed by atoms with Gasteiger partial charge in [-0.05, 0) is 48.5 Å². The van der Waals surface area contributed by atoms with Gasteiger partial charge in [-0.2, -0.15) is 0 Å². The maximum absolute atomic E-state index is 13.3. The Hall–Kier alpha value is -2.90. The number of rotatable bonds is 3. The number of hydrogen-bond acceptors (Lipinski definition) is 6. The number of amides is 2. The molecule has 152 valence electrons. The second-order valence-corrected chi connectivity index (χ2v) is 8.34. The second-order valence-electron chi connectivity index (χ2n) is 7.91. The zero-order chi connectivity index (χ0) is 20.6. The van der Waals surface area contributed by atoms with Crippen LogP contribution in [0.5, 0.6) is 5.75 Å². The topological polar surface area (TPSA) is 77.4 Å². The molecule has 0 radical (unpaired) electrons. The van der Waals surface area contributed by atoms with Gasteiger partial charge in [0.2, 0.25) is 11.8 Å². The van der Waals surface area contributed by atoms with Crippen molar-refractivity contribution >= 4 is 34.8 Å². The molecule has 2 aromatic carbocycles. The number of carbonyl (C=O) groups is 2. The molecule has 0 saturated carbocycles. The lowest BCUT2D eigenvalue weighted by molar-refractivity contribution is -0.125. The summed E-state index contributed by atoms with van der Waals surface area (Å²) >= 11 is 5.96. The molecule has 8 heteroatoms. The molecule has 2 bridgehead atoms. The average Bonchev–Trinajstić information content (AvgIpc) is 3.49. The highest BCUT2D eigenvalue weighted by Crippen LogP contribution is 2.55. The van der Waals surface area contributed by atoms with Gasteiger partial charge in [0.1, 0.15) is 11.9 Å². The van der Waals surface area contributed by atoms with E-state index in [1.807, 2.05) is 24.3 Å². The number of hydrogen-bond donors (Lipinski definition) is 0. The minimum Gasteiger partial charge on any atom is -0.497 e. The van der Waals surface area contributed by atoms with E-state index in [1.165, 1.54) is 4.90 Å². The van der Waals surface area contributed by atoms with E-state index in [0.29, 0.717) is 10.7 Å². The van der Waals surface area contributed by atoms with Crippen molar-refractivity contribution in [3.8, 4) is 5.75 Å². The van der Waals surface area contributed by atoms with E-state index in [2.05, 4.69) is 5.16 Å². The van der Waals surface area contributed by atoms with Gasteiger partial charge in [-0.25, -0.2) is 4.90 Å². The van der Waals surface area contributed by atoms with Crippen LogP contribution in [0.15, 0.2) is 53.7 Å². The van der Waals surface area contributed by atoms with Crippen molar-refractivity contribution < 1.29 is 23.9 Å². The van der Waals surface area contributed by atoms with Crippen LogP contribution in [0.1, 0.15) is 5.56 Å². The van der Waals surface area contributed by atoms with E-state index in [4.69, 9.17) is 25.9 Å². The summed E-state index contributed by atoms with van der Waals surface area (Å²) in [5.41, 5.74) is 2.17. The van der Waals surface area contributed by atoms with Gasteiger partial charge in [-0.3, -0.25) is 9.59 Å². The summed E-state index contributed by atoms with van der Waals surface area (Å²) in [5.74, 6) is -1.02. The molecular weight excluding hydrogens is 408 g/mol. The molecule has 7 nitrogen and oxygen atoms in total. The summed E-state index contributed by atoms with van der Waals surface area (Å²) in [4.78, 5) is 33.4. The number of halogens is 1. The zero-order valence-electron chi connectivity index (χ0n) is 15.9. The summed E-state index contributed by atoms with van der Waals surface area (Å²) in [6.45, 7) is 0. The first kappa shape index (κ1) is 17.9. The van der Waals surface area contributed by atoms with Gasteiger partial charge in [0.25, 0.3) is 0 Å². The van der Waals surface area contributed by atoms with E-state index in [0.717, 1.165) is 17.0 Å². The molecule has 4 aliphatic rings. The summed E-state index contributed by atoms with van der Waals surface area (Å²) < 4.78 is 11.3. The van der Waals surface area contributed by atoms with Gasteiger partial charge in [-0.1, -0.05) is 16.8 Å². The molecule has 0 N–H and O–H groups in total. The highest BCUT2D eigenvalue weighted by Gasteiger charge is 2.72. The van der Waals surface area contributed by atoms with Crippen molar-refractivity contribution in [1.82, 2.24) is 0 Å². The van der Waals surface area contributed by atoms with E-state index in [-0.39, 0.29) is 23.8 Å². The molecular formula is C22H17ClN2O5. The molecule has 0 aliphatic carbocycles. The van der Waals surface area contributed by atoms with Crippen LogP contribution in [0.4, 0.5) is 5.69 Å². The highest BCUT2D eigenvalue weighted by molar-refractivity contribution is 6.31. The van der Waals surface area contributed by atoms with Crippen LogP contribution in [0.2, 0.25) is 5.02 Å². The van der Waals surface area contributed by atoms with Gasteiger partial charge < -0.3 is 14.3 Å². The van der Waals surface area contributed by atoms with Crippen LogP contribution in [-0.2, 0) is 19.2 Å². The van der Waals surface area contributed by atoms with Crippen LogP contribution >= 0.6 is 11.6 Å². The molecule has 4 heterocycles. The quantitative estimate of drug-likeness (QED) is 0.708. The summed E-state index contributed by atoms with van der Waals surface area (Å²) in [5, 5.41) is 4.84. The fourth-order valence-electron chi connectivity index (χ4n) is 5.20. The first-order valence-corrected chi connectivity index (χ1v) is 10.1. The van der Waals surface area contributed by atoms with Crippen LogP contribution in [0, 0.1) is 17.8 Å². The van der Waals surface area contributed by atoms with Crippen LogP contribution in [0.25, 0.3) is 0 Å². The van der Waals surface area contributed by atoms with Crippen molar-refractivity contribution in [3.63, 3.8) is 0 Å². The second kappa shape index (κ2) is 6.30. The SMILES string of the molecule is COc1ccc(C2=NO[C@@H]3[C@H]4O[C@@H]([C@H]23)[C@H]2C(=O)N(c3ccc(Cl)cc3)C(=O)[C@@H]42)cc1. The lowest BCUT2D eigenvalue weighted by Gasteiger charge is -2.26. The lowest BCUT2D eigenvalue weighted by Crippen LogP contribution is -2.45. The molecule has 6 rings (SSSR count). The molecule has 3 fully saturated rings. The normalized spacial score (nSPS) is 33.4. The average molecular weight is 425 g/mol. The van der Waals surface area contributed by atoms with E-state index in [1.54, 1.807) is 31.4 Å². The standard InChI is InChI=1S/C22H17ClN2O5/c1-28-13-8-2-10(3-9-13)17-16-18-14-15(19(29-18)20(16)30-24-17)22(27)25(21(14)26)12-6-4-11(23)5-7-12/h2-9,14-16,18-20H,1H3/t14-,15+,16-,18+,19-,20-/m0/s1. The van der Waals surface area contributed by atoms with Crippen LogP contribution in [0.3, 0.4) is 0 Å². The number of nitrogens with zero attached hydrogens (tertiary/aromatic N) is 2. The summed E-state index contributed by atoms with van der Waals surface area (Å²) in [6, 6.07) is 14.2. The largest absolute Gasteiger partial charge is 0.497 e. The van der Waals surface area contributed by atoms with E-state index >= 15 is 0 Å². The maximum Gasteiger partial charge on any atom is 0.240 e. The minimum atomic E-state index is -0.551. The predicted molar refractivity (Wildman–Crippen MR) is 107 cm³/mol. The fraction of sp³-hybridized carbons (Fsp3) is 0.318. The smallest absolute Gasteiger partial charge is 0.240 e. The Morgan fingerprint density at radius 3 is 2.23 bits per heavy atom. The van der Waals surface area contributed by atoms with Crippen LogP contribution < -0.4 is 9.64 Å². The Morgan fingerprint density at radius 1 is 0.900 bits per heavy atom. The number of carbonyl (C=O) groups excluding carboxylic acids is 2. The first-order chi connectivity index (χ1) is 14.6. The number of imide groups is 1. The Kier molecular flexibility index (Phi) is 3.76. The molecule has 2 amide bonds. The number of oxime groups is 1. The molecule has 6 atom stereocenters. The van der Waals surface area contributed by atoms with Gasteiger partial charge in [0.05, 0.1) is 42.4 Å². The Morgan fingerprint density at radius 2 is 1.57 bits per heavy atom. The van der Waals surface area contributed by atoms with Crippen molar-refractivity contribution in [2.24, 2.45) is 22.9 Å². The van der Waals surface area contributed by atoms with Crippen molar-refractivity contribution in [2.75, 3.05) is 12.0 Å². The van der Waals surface area contributed by atoms with Gasteiger partial charge >= 0.3 is 0 Å². The molecule has 3 saturated heterocycles. The van der Waals surface area contributed by atoms with Gasteiger partial charge in [-0.15, -0.1) is 0 Å². The molecule has 0 unspecified atom stereocenters. The third kappa shape index (κ3) is 2.27. The zero-order valence-corrected chi connectivity index (χ0v) is 16.7. The first-order valence-electron chi connectivity index (χ1n) is 9.75. The Balaban J connectivity index is 1.33. The minimum absolute atomic E-state index is 0.188. The molecule has 0 aromatic heterocycles. The highest BCUT2D eigenvalue weighted by atomic mass is 35.5. The van der Waals surface area contributed by atoms with Crippen molar-refractivity contribution in [3.05, 3.63) is 59.1 Å². The van der Waals surface area contributed by atoms with Crippen molar-refractivity contribution in [2.45, 2.75) is 18.3 Å². The number of fused-ring (bicyclic) bond motifs is 8. The predicted octanol–water partition coefficient (Wildman–Crippen LogP) is 2.65. The molecule has 0 spiro atoms. The fourth-order valence-corrected chi connectivity index (χ4v) is 5.33. The molecule has 2 aromatic rings. The summed E-state index contributed by atoms with van der Waals surface area (Å²) in [7, 11) is 1.61. The Labute approximate surface area is 177 Å². The molecule has 30 heavy (non-hydrogen) atoms. The number of benzene rings is 2. The van der Waals surface area contributed by atoms with Gasteiger partial charge in [0, 0.05) is 10.6 Å². The van der Waals surface area contributed by atoms with Gasteiger partial charge in [0.15, 0.2) is 6.10 Å². The number of ether oxygens (including phenoxy) is 2. The Bertz CT molecular complexity index is 1080. The van der Waals surface area contributed by atoms with Crippen molar-refractivity contribution in [1.29, 1.82) is 0 Å². The number of methoxy groups -OCH3 is 1. The lowest BCUT2D eigenvalue weighted by atomic mass is 9.71. The molecule has 4 aliphatic heterocycles. The summed E-state index contributed by atoms with van der Waals surface area (Å²) in [6.07, 6.45) is -1.30. The maximum atomic E-state index is 13.3.